The van der Waals surface area contributed by atoms with Crippen molar-refractivity contribution in [2.75, 3.05) is 13.1 Å². The molecule has 2 aliphatic rings. The molecule has 2 fully saturated rings. The first-order valence-corrected chi connectivity index (χ1v) is 7.24. The lowest BCUT2D eigenvalue weighted by Crippen LogP contribution is -2.33. The Labute approximate surface area is 107 Å². The van der Waals surface area contributed by atoms with E-state index in [4.69, 9.17) is 0 Å². The minimum absolute atomic E-state index is 0.0116. The molecule has 0 bridgehead atoms. The molecule has 100 valence electrons. The summed E-state index contributed by atoms with van der Waals surface area (Å²) in [6.45, 7) is 2.05. The SMILES string of the molecule is O=c1[nH]nc(C2CCCNC2)n1C1CCCCC1. The lowest BCUT2D eigenvalue weighted by molar-refractivity contribution is 0.325. The average Bonchev–Trinajstić information content (AvgIpc) is 2.83. The van der Waals surface area contributed by atoms with E-state index in [0.29, 0.717) is 12.0 Å². The fourth-order valence-electron chi connectivity index (χ4n) is 3.37. The van der Waals surface area contributed by atoms with Gasteiger partial charge < -0.3 is 5.32 Å². The normalized spacial score (nSPS) is 26.3. The highest BCUT2D eigenvalue weighted by Gasteiger charge is 2.26. The zero-order valence-electron chi connectivity index (χ0n) is 10.8. The van der Waals surface area contributed by atoms with Crippen LogP contribution in [-0.4, -0.2) is 27.9 Å². The third kappa shape index (κ3) is 2.23. The van der Waals surface area contributed by atoms with Crippen molar-refractivity contribution in [3.8, 4) is 0 Å². The van der Waals surface area contributed by atoms with E-state index < -0.39 is 0 Å². The van der Waals surface area contributed by atoms with Gasteiger partial charge in [0.1, 0.15) is 5.82 Å². The van der Waals surface area contributed by atoms with E-state index in [-0.39, 0.29) is 5.69 Å². The van der Waals surface area contributed by atoms with Crippen molar-refractivity contribution >= 4 is 0 Å². The number of aromatic nitrogens is 3. The van der Waals surface area contributed by atoms with Crippen LogP contribution in [0.4, 0.5) is 0 Å². The summed E-state index contributed by atoms with van der Waals surface area (Å²) in [5, 5.41) is 10.4. The van der Waals surface area contributed by atoms with Crippen LogP contribution in [0.15, 0.2) is 4.79 Å². The number of nitrogens with zero attached hydrogens (tertiary/aromatic N) is 2. The molecule has 0 amide bonds. The molecule has 2 heterocycles. The second-order valence-corrected chi connectivity index (χ2v) is 5.59. The number of aromatic amines is 1. The van der Waals surface area contributed by atoms with Crippen LogP contribution in [0.5, 0.6) is 0 Å². The first-order valence-electron chi connectivity index (χ1n) is 7.24. The van der Waals surface area contributed by atoms with E-state index in [2.05, 4.69) is 15.5 Å². The van der Waals surface area contributed by atoms with E-state index in [0.717, 1.165) is 38.2 Å². The molecule has 1 unspecified atom stereocenters. The maximum atomic E-state index is 12.0. The molecule has 2 N–H and O–H groups in total. The first kappa shape index (κ1) is 12.0. The number of H-pyrrole nitrogens is 1. The van der Waals surface area contributed by atoms with Crippen LogP contribution < -0.4 is 11.0 Å². The van der Waals surface area contributed by atoms with Gasteiger partial charge in [0.2, 0.25) is 0 Å². The molecule has 3 rings (SSSR count). The third-order valence-corrected chi connectivity index (χ3v) is 4.33. The van der Waals surface area contributed by atoms with Gasteiger partial charge >= 0.3 is 5.69 Å². The van der Waals surface area contributed by atoms with Crippen molar-refractivity contribution in [2.45, 2.75) is 56.9 Å². The summed E-state index contributed by atoms with van der Waals surface area (Å²) in [6, 6.07) is 0.377. The third-order valence-electron chi connectivity index (χ3n) is 4.33. The Morgan fingerprint density at radius 1 is 1.11 bits per heavy atom. The molecule has 5 heteroatoms. The summed E-state index contributed by atoms with van der Waals surface area (Å²) in [5.41, 5.74) is -0.0116. The predicted octanol–water partition coefficient (Wildman–Crippen LogP) is 1.54. The molecule has 1 aliphatic heterocycles. The lowest BCUT2D eigenvalue weighted by atomic mass is 9.93. The highest BCUT2D eigenvalue weighted by atomic mass is 16.1. The Balaban J connectivity index is 1.87. The summed E-state index contributed by atoms with van der Waals surface area (Å²) in [4.78, 5) is 12.0. The van der Waals surface area contributed by atoms with Gasteiger partial charge in [-0.05, 0) is 32.2 Å². The van der Waals surface area contributed by atoms with Gasteiger partial charge in [-0.15, -0.1) is 0 Å². The Kier molecular flexibility index (Phi) is 3.50. The van der Waals surface area contributed by atoms with E-state index in [1.54, 1.807) is 0 Å². The molecule has 0 spiro atoms. The van der Waals surface area contributed by atoms with Crippen LogP contribution in [-0.2, 0) is 0 Å². The number of hydrogen-bond donors (Lipinski definition) is 2. The van der Waals surface area contributed by atoms with E-state index in [1.165, 1.54) is 25.7 Å². The summed E-state index contributed by atoms with van der Waals surface area (Å²) in [7, 11) is 0. The monoisotopic (exact) mass is 250 g/mol. The summed E-state index contributed by atoms with van der Waals surface area (Å²) in [6.07, 6.45) is 8.37. The van der Waals surface area contributed by atoms with Gasteiger partial charge in [0, 0.05) is 18.5 Å². The first-order chi connectivity index (χ1) is 8.86. The molecule has 1 saturated carbocycles. The van der Waals surface area contributed by atoms with Crippen molar-refractivity contribution in [3.63, 3.8) is 0 Å². The van der Waals surface area contributed by atoms with Gasteiger partial charge in [0.25, 0.3) is 0 Å². The number of piperidine rings is 1. The maximum absolute atomic E-state index is 12.0. The molecule has 1 atom stereocenters. The lowest BCUT2D eigenvalue weighted by Gasteiger charge is -2.27. The molecule has 18 heavy (non-hydrogen) atoms. The van der Waals surface area contributed by atoms with Crippen molar-refractivity contribution in [2.24, 2.45) is 0 Å². The van der Waals surface area contributed by atoms with Gasteiger partial charge in [-0.3, -0.25) is 4.57 Å². The molecule has 1 aliphatic carbocycles. The van der Waals surface area contributed by atoms with Crippen LogP contribution in [0, 0.1) is 0 Å². The topological polar surface area (TPSA) is 62.7 Å². The van der Waals surface area contributed by atoms with E-state index >= 15 is 0 Å². The zero-order valence-corrected chi connectivity index (χ0v) is 10.8. The van der Waals surface area contributed by atoms with E-state index in [9.17, 15) is 4.79 Å². The second kappa shape index (κ2) is 5.26. The quantitative estimate of drug-likeness (QED) is 0.837. The van der Waals surface area contributed by atoms with Crippen molar-refractivity contribution in [1.82, 2.24) is 20.1 Å². The smallest absolute Gasteiger partial charge is 0.316 e. The Hall–Kier alpha value is -1.10. The highest BCUT2D eigenvalue weighted by molar-refractivity contribution is 5.01. The maximum Gasteiger partial charge on any atom is 0.343 e. The van der Waals surface area contributed by atoms with Gasteiger partial charge in [0.15, 0.2) is 0 Å². The molecule has 1 aromatic heterocycles. The number of nitrogens with one attached hydrogen (secondary N) is 2. The molecule has 5 nitrogen and oxygen atoms in total. The van der Waals surface area contributed by atoms with Crippen LogP contribution >= 0.6 is 0 Å². The molecule has 0 radical (unpaired) electrons. The van der Waals surface area contributed by atoms with Gasteiger partial charge in [-0.2, -0.15) is 5.10 Å². The average molecular weight is 250 g/mol. The summed E-state index contributed by atoms with van der Waals surface area (Å²) >= 11 is 0. The molecular weight excluding hydrogens is 228 g/mol. The molecule has 1 aromatic rings. The fourth-order valence-corrected chi connectivity index (χ4v) is 3.37. The number of rotatable bonds is 2. The van der Waals surface area contributed by atoms with Crippen LogP contribution in [0.2, 0.25) is 0 Å². The van der Waals surface area contributed by atoms with Gasteiger partial charge in [0.05, 0.1) is 0 Å². The molecule has 1 saturated heterocycles. The molecular formula is C13H22N4O. The highest BCUT2D eigenvalue weighted by Crippen LogP contribution is 2.30. The summed E-state index contributed by atoms with van der Waals surface area (Å²) in [5.74, 6) is 1.39. The van der Waals surface area contributed by atoms with Gasteiger partial charge in [-0.25, -0.2) is 9.89 Å². The molecule has 0 aromatic carbocycles. The van der Waals surface area contributed by atoms with Crippen molar-refractivity contribution in [1.29, 1.82) is 0 Å². The number of hydrogen-bond acceptors (Lipinski definition) is 3. The standard InChI is InChI=1S/C13H22N4O/c18-13-16-15-12(10-5-4-8-14-9-10)17(13)11-6-2-1-3-7-11/h10-11,14H,1-9H2,(H,16,18). The Bertz CT molecular complexity index is 438. The van der Waals surface area contributed by atoms with Gasteiger partial charge in [-0.1, -0.05) is 19.3 Å². The minimum atomic E-state index is -0.0116. The van der Waals surface area contributed by atoms with E-state index in [1.807, 2.05) is 4.57 Å². The Morgan fingerprint density at radius 3 is 2.67 bits per heavy atom. The van der Waals surface area contributed by atoms with Crippen molar-refractivity contribution in [3.05, 3.63) is 16.3 Å². The Morgan fingerprint density at radius 2 is 1.94 bits per heavy atom. The van der Waals surface area contributed by atoms with Crippen molar-refractivity contribution < 1.29 is 0 Å². The second-order valence-electron chi connectivity index (χ2n) is 5.59. The van der Waals surface area contributed by atoms with Crippen LogP contribution in [0.25, 0.3) is 0 Å². The minimum Gasteiger partial charge on any atom is -0.316 e. The predicted molar refractivity (Wildman–Crippen MR) is 69.8 cm³/mol. The van der Waals surface area contributed by atoms with Crippen LogP contribution in [0.3, 0.4) is 0 Å². The largest absolute Gasteiger partial charge is 0.343 e. The van der Waals surface area contributed by atoms with Crippen LogP contribution in [0.1, 0.15) is 62.7 Å². The summed E-state index contributed by atoms with van der Waals surface area (Å²) < 4.78 is 1.96. The zero-order chi connectivity index (χ0) is 12.4. The fraction of sp³-hybridized carbons (Fsp3) is 0.846.